The molecule has 1 aromatic rings. The molecular weight excluding hydrogens is 202 g/mol. The van der Waals surface area contributed by atoms with Crippen LogP contribution in [0.2, 0.25) is 0 Å². The molecule has 5 heteroatoms. The Morgan fingerprint density at radius 1 is 1.44 bits per heavy atom. The van der Waals surface area contributed by atoms with Crippen LogP contribution in [-0.4, -0.2) is 16.5 Å². The molecule has 1 aliphatic carbocycles. The highest BCUT2D eigenvalue weighted by Gasteiger charge is 2.40. The van der Waals surface area contributed by atoms with Crippen molar-refractivity contribution in [3.63, 3.8) is 0 Å². The van der Waals surface area contributed by atoms with Gasteiger partial charge in [-0.05, 0) is 31.6 Å². The predicted molar refractivity (Wildman–Crippen MR) is 65.0 cm³/mol. The molecule has 0 saturated heterocycles. The van der Waals surface area contributed by atoms with E-state index < -0.39 is 0 Å². The Hall–Kier alpha value is -1.36. The number of hydrogen-bond acceptors (Lipinski definition) is 5. The lowest BCUT2D eigenvalue weighted by Crippen LogP contribution is -2.17. The smallest absolute Gasteiger partial charge is 0.239 e. The largest absolute Gasteiger partial charge is 0.369 e. The molecule has 4 N–H and O–H groups in total. The van der Waals surface area contributed by atoms with E-state index in [1.807, 2.05) is 13.0 Å². The van der Waals surface area contributed by atoms with E-state index >= 15 is 0 Å². The first-order chi connectivity index (χ1) is 7.67. The first-order valence-electron chi connectivity index (χ1n) is 5.74. The number of aryl methyl sites for hydroxylation is 1. The van der Waals surface area contributed by atoms with E-state index in [0.29, 0.717) is 11.4 Å². The van der Waals surface area contributed by atoms with E-state index in [-0.39, 0.29) is 0 Å². The van der Waals surface area contributed by atoms with E-state index in [9.17, 15) is 0 Å². The Balaban J connectivity index is 2.01. The molecule has 0 aromatic carbocycles. The Morgan fingerprint density at radius 3 is 2.75 bits per heavy atom. The molecule has 2 rings (SSSR count). The first-order valence-corrected chi connectivity index (χ1v) is 5.74. The van der Waals surface area contributed by atoms with Crippen LogP contribution in [0.5, 0.6) is 0 Å². The lowest BCUT2D eigenvalue weighted by molar-refractivity contribution is 0.520. The highest BCUT2D eigenvalue weighted by Crippen LogP contribution is 2.48. The third kappa shape index (κ3) is 2.41. The summed E-state index contributed by atoms with van der Waals surface area (Å²) in [6.45, 7) is 5.16. The van der Waals surface area contributed by atoms with Crippen LogP contribution in [0.25, 0.3) is 0 Å². The van der Waals surface area contributed by atoms with Gasteiger partial charge in [0.05, 0.1) is 0 Å². The fourth-order valence-electron chi connectivity index (χ4n) is 1.83. The minimum absolute atomic E-state index is 0.462. The van der Waals surface area contributed by atoms with Gasteiger partial charge in [-0.1, -0.05) is 6.92 Å². The van der Waals surface area contributed by atoms with E-state index in [1.165, 1.54) is 19.3 Å². The lowest BCUT2D eigenvalue weighted by Gasteiger charge is -2.14. The average molecular weight is 221 g/mol. The standard InChI is InChI=1S/C11H19N5/c1-3-11(4-5-11)7-13-9-6-8(2)14-10(15-9)16-12/h6H,3-5,7,12H2,1-2H3,(H2,13,14,15,16). The third-order valence-electron chi connectivity index (χ3n) is 3.33. The van der Waals surface area contributed by atoms with Gasteiger partial charge in [0.1, 0.15) is 5.82 Å². The number of nitrogens with one attached hydrogen (secondary N) is 2. The molecule has 88 valence electrons. The second kappa shape index (κ2) is 4.25. The van der Waals surface area contributed by atoms with Crippen LogP contribution in [-0.2, 0) is 0 Å². The van der Waals surface area contributed by atoms with Crippen LogP contribution in [0.3, 0.4) is 0 Å². The summed E-state index contributed by atoms with van der Waals surface area (Å²) in [6.07, 6.45) is 3.87. The highest BCUT2D eigenvalue weighted by atomic mass is 15.3. The Morgan fingerprint density at radius 2 is 2.19 bits per heavy atom. The van der Waals surface area contributed by atoms with Crippen molar-refractivity contribution in [2.75, 3.05) is 17.3 Å². The number of nitrogens with two attached hydrogens (primary N) is 1. The van der Waals surface area contributed by atoms with E-state index in [2.05, 4.69) is 27.6 Å². The summed E-state index contributed by atoms with van der Waals surface area (Å²) in [5, 5.41) is 3.37. The normalized spacial score (nSPS) is 16.9. The van der Waals surface area contributed by atoms with Gasteiger partial charge in [0, 0.05) is 18.3 Å². The molecule has 0 radical (unpaired) electrons. The number of nitrogens with zero attached hydrogens (tertiary/aromatic N) is 2. The number of nitrogen functional groups attached to an aromatic ring is 1. The topological polar surface area (TPSA) is 75.9 Å². The Bertz CT molecular complexity index is 373. The summed E-state index contributed by atoms with van der Waals surface area (Å²) in [5.41, 5.74) is 3.89. The zero-order valence-electron chi connectivity index (χ0n) is 9.88. The number of hydrogen-bond donors (Lipinski definition) is 3. The molecule has 1 aliphatic rings. The summed E-state index contributed by atoms with van der Waals surface area (Å²) in [6, 6.07) is 1.94. The van der Waals surface area contributed by atoms with Crippen molar-refractivity contribution in [1.29, 1.82) is 0 Å². The molecule has 0 bridgehead atoms. The van der Waals surface area contributed by atoms with Gasteiger partial charge in [-0.25, -0.2) is 10.8 Å². The molecular formula is C11H19N5. The third-order valence-corrected chi connectivity index (χ3v) is 3.33. The number of aromatic nitrogens is 2. The van der Waals surface area contributed by atoms with Crippen LogP contribution in [0.4, 0.5) is 11.8 Å². The monoisotopic (exact) mass is 221 g/mol. The van der Waals surface area contributed by atoms with Crippen LogP contribution in [0, 0.1) is 12.3 Å². The van der Waals surface area contributed by atoms with Crippen molar-refractivity contribution in [2.45, 2.75) is 33.1 Å². The lowest BCUT2D eigenvalue weighted by atomic mass is 10.0. The zero-order valence-corrected chi connectivity index (χ0v) is 9.88. The SMILES string of the molecule is CCC1(CNc2cc(C)nc(NN)n2)CC1. The van der Waals surface area contributed by atoms with Crippen molar-refractivity contribution in [1.82, 2.24) is 9.97 Å². The molecule has 0 unspecified atom stereocenters. The molecule has 0 atom stereocenters. The van der Waals surface area contributed by atoms with Crippen molar-refractivity contribution in [3.05, 3.63) is 11.8 Å². The maximum atomic E-state index is 5.31. The molecule has 0 spiro atoms. The van der Waals surface area contributed by atoms with Gasteiger partial charge in [0.2, 0.25) is 5.95 Å². The van der Waals surface area contributed by atoms with Gasteiger partial charge in [-0.3, -0.25) is 5.43 Å². The van der Waals surface area contributed by atoms with Gasteiger partial charge in [-0.15, -0.1) is 0 Å². The molecule has 1 aromatic heterocycles. The molecule has 16 heavy (non-hydrogen) atoms. The Kier molecular flexibility index (Phi) is 2.96. The van der Waals surface area contributed by atoms with Crippen molar-refractivity contribution in [3.8, 4) is 0 Å². The predicted octanol–water partition coefficient (Wildman–Crippen LogP) is 1.67. The summed E-state index contributed by atoms with van der Waals surface area (Å²) in [4.78, 5) is 8.40. The van der Waals surface area contributed by atoms with Crippen LogP contribution in [0.1, 0.15) is 31.9 Å². The van der Waals surface area contributed by atoms with Crippen molar-refractivity contribution >= 4 is 11.8 Å². The molecule has 5 nitrogen and oxygen atoms in total. The van der Waals surface area contributed by atoms with E-state index in [1.54, 1.807) is 0 Å². The minimum atomic E-state index is 0.462. The van der Waals surface area contributed by atoms with Crippen LogP contribution in [0.15, 0.2) is 6.07 Å². The molecule has 0 amide bonds. The van der Waals surface area contributed by atoms with Gasteiger partial charge in [-0.2, -0.15) is 4.98 Å². The summed E-state index contributed by atoms with van der Waals surface area (Å²) in [7, 11) is 0. The van der Waals surface area contributed by atoms with Crippen molar-refractivity contribution in [2.24, 2.45) is 11.3 Å². The van der Waals surface area contributed by atoms with Crippen LogP contribution < -0.4 is 16.6 Å². The maximum absolute atomic E-state index is 5.31. The van der Waals surface area contributed by atoms with Gasteiger partial charge >= 0.3 is 0 Å². The average Bonchev–Trinajstić information content (AvgIpc) is 3.06. The maximum Gasteiger partial charge on any atom is 0.239 e. The van der Waals surface area contributed by atoms with Gasteiger partial charge in [0.15, 0.2) is 0 Å². The zero-order chi connectivity index (χ0) is 11.6. The minimum Gasteiger partial charge on any atom is -0.369 e. The summed E-state index contributed by atoms with van der Waals surface area (Å²) < 4.78 is 0. The summed E-state index contributed by atoms with van der Waals surface area (Å²) >= 11 is 0. The van der Waals surface area contributed by atoms with Crippen LogP contribution >= 0.6 is 0 Å². The van der Waals surface area contributed by atoms with Gasteiger partial charge < -0.3 is 5.32 Å². The quantitative estimate of drug-likeness (QED) is 0.521. The fourth-order valence-corrected chi connectivity index (χ4v) is 1.83. The summed E-state index contributed by atoms with van der Waals surface area (Å²) in [5.74, 6) is 6.61. The molecule has 1 heterocycles. The number of hydrazine groups is 1. The molecule has 1 fully saturated rings. The molecule has 1 saturated carbocycles. The number of rotatable bonds is 5. The first kappa shape index (κ1) is 11.1. The van der Waals surface area contributed by atoms with E-state index in [4.69, 9.17) is 5.84 Å². The molecule has 0 aliphatic heterocycles. The van der Waals surface area contributed by atoms with Crippen molar-refractivity contribution < 1.29 is 0 Å². The second-order valence-electron chi connectivity index (χ2n) is 4.57. The second-order valence-corrected chi connectivity index (χ2v) is 4.57. The fraction of sp³-hybridized carbons (Fsp3) is 0.636. The highest BCUT2D eigenvalue weighted by molar-refractivity contribution is 5.42. The van der Waals surface area contributed by atoms with E-state index in [0.717, 1.165) is 18.1 Å². The number of anilines is 2. The van der Waals surface area contributed by atoms with Gasteiger partial charge in [0.25, 0.3) is 0 Å². The Labute approximate surface area is 95.8 Å².